The van der Waals surface area contributed by atoms with Gasteiger partial charge in [0.05, 0.1) is 5.69 Å². The van der Waals surface area contributed by atoms with Crippen molar-refractivity contribution in [1.82, 2.24) is 0 Å². The molecule has 3 heteroatoms. The fourth-order valence-electron chi connectivity index (χ4n) is 15.0. The molecule has 0 saturated heterocycles. The van der Waals surface area contributed by atoms with E-state index >= 15 is 0 Å². The second-order valence-corrected chi connectivity index (χ2v) is 27.6. The predicted molar refractivity (Wildman–Crippen MR) is 297 cm³/mol. The van der Waals surface area contributed by atoms with Gasteiger partial charge in [-0.1, -0.05) is 157 Å². The third-order valence-corrected chi connectivity index (χ3v) is 18.7. The first-order chi connectivity index (χ1) is 32.5. The van der Waals surface area contributed by atoms with Crippen LogP contribution in [0.5, 0.6) is 0 Å². The number of fused-ring (bicyclic) bond motifs is 5. The minimum Gasteiger partial charge on any atom is -0.311 e. The quantitative estimate of drug-likeness (QED) is 0.162. The van der Waals surface area contributed by atoms with Gasteiger partial charge in [0.1, 0.15) is 0 Å². The summed E-state index contributed by atoms with van der Waals surface area (Å²) in [6, 6.07) is 47.0. The largest absolute Gasteiger partial charge is 0.311 e. The third kappa shape index (κ3) is 7.15. The van der Waals surface area contributed by atoms with Crippen LogP contribution in [0.1, 0.15) is 175 Å². The molecule has 6 aromatic carbocycles. The highest BCUT2D eigenvalue weighted by atomic mass is 15.2. The van der Waals surface area contributed by atoms with Gasteiger partial charge in [-0.3, -0.25) is 0 Å². The third-order valence-electron chi connectivity index (χ3n) is 18.7. The molecule has 5 aliphatic carbocycles. The number of rotatable bonds is 4. The Bertz CT molecular complexity index is 3000. The molecule has 2 aliphatic heterocycles. The summed E-state index contributed by atoms with van der Waals surface area (Å²) in [6.07, 6.45) is 10.7. The summed E-state index contributed by atoms with van der Waals surface area (Å²) in [5.41, 5.74) is 24.0. The Morgan fingerprint density at radius 1 is 0.464 bits per heavy atom. The summed E-state index contributed by atoms with van der Waals surface area (Å²) in [6.45, 7) is 31.4. The Hall–Kier alpha value is -5.02. The second-order valence-electron chi connectivity index (χ2n) is 27.6. The van der Waals surface area contributed by atoms with E-state index in [-0.39, 0.29) is 39.2 Å². The minimum atomic E-state index is -0.00945. The number of hydrogen-bond donors (Lipinski definition) is 0. The minimum absolute atomic E-state index is 0.00323. The van der Waals surface area contributed by atoms with Crippen LogP contribution in [0, 0.1) is 17.8 Å². The first kappa shape index (κ1) is 45.1. The second kappa shape index (κ2) is 15.0. The molecule has 354 valence electrons. The first-order valence-corrected chi connectivity index (χ1v) is 26.9. The van der Waals surface area contributed by atoms with Gasteiger partial charge >= 0.3 is 0 Å². The van der Waals surface area contributed by atoms with Crippen LogP contribution >= 0.6 is 0 Å². The van der Waals surface area contributed by atoms with Gasteiger partial charge in [-0.2, -0.15) is 0 Å². The first-order valence-electron chi connectivity index (χ1n) is 26.9. The van der Waals surface area contributed by atoms with Gasteiger partial charge < -0.3 is 9.80 Å². The van der Waals surface area contributed by atoms with Crippen LogP contribution in [0.4, 0.5) is 34.1 Å². The normalized spacial score (nSPS) is 23.9. The van der Waals surface area contributed by atoms with Crippen LogP contribution in [0.25, 0.3) is 11.1 Å². The lowest BCUT2D eigenvalue weighted by atomic mass is 9.32. The van der Waals surface area contributed by atoms with Crippen molar-refractivity contribution < 1.29 is 0 Å². The van der Waals surface area contributed by atoms with E-state index in [0.717, 1.165) is 17.8 Å². The van der Waals surface area contributed by atoms with Crippen molar-refractivity contribution in [2.75, 3.05) is 9.80 Å². The average molecular weight is 909 g/mol. The molecule has 0 amide bonds. The van der Waals surface area contributed by atoms with Crippen molar-refractivity contribution in [3.8, 4) is 11.1 Å². The molecule has 69 heavy (non-hydrogen) atoms. The molecule has 4 saturated carbocycles. The highest BCUT2D eigenvalue weighted by Crippen LogP contribution is 2.62. The molecule has 4 fully saturated rings. The van der Waals surface area contributed by atoms with Crippen LogP contribution in [0.3, 0.4) is 0 Å². The van der Waals surface area contributed by atoms with Gasteiger partial charge in [-0.25, -0.2) is 0 Å². The monoisotopic (exact) mass is 909 g/mol. The lowest BCUT2D eigenvalue weighted by molar-refractivity contribution is -0.00514. The summed E-state index contributed by atoms with van der Waals surface area (Å²) in [7, 11) is 0. The molecule has 0 aromatic heterocycles. The Labute approximate surface area is 416 Å². The van der Waals surface area contributed by atoms with E-state index in [2.05, 4.69) is 215 Å². The maximum absolute atomic E-state index is 2.81. The molecule has 0 N–H and O–H groups in total. The van der Waals surface area contributed by atoms with E-state index in [0.29, 0.717) is 0 Å². The zero-order chi connectivity index (χ0) is 48.4. The summed E-state index contributed by atoms with van der Waals surface area (Å²) < 4.78 is 0. The Kier molecular flexibility index (Phi) is 9.82. The van der Waals surface area contributed by atoms with Gasteiger partial charge in [-0.15, -0.1) is 0 Å². The van der Waals surface area contributed by atoms with Crippen molar-refractivity contribution in [3.05, 3.63) is 149 Å². The van der Waals surface area contributed by atoms with E-state index in [1.54, 1.807) is 5.56 Å². The smallest absolute Gasteiger partial charge is 0.252 e. The standard InChI is InChI=1S/C66H77BN2/c1-61(2,3)45-19-23-49(24-20-45)68-56-26-22-47(63(7,8)9)33-53(56)67-54-36-51-52(65(12,13)28-27-64(51,10)11)37-57(54)69(55-25-21-46(62(4,5)6)32-50(55)44-17-15-14-16-18-44)59-35-48(34-58(68)60(59)67)66-38-41-29-42(39-66)31-43(30-41)40-66/h14-26,32-37,41-43H,27-31,38-40H2,1-13H3. The lowest BCUT2D eigenvalue weighted by Crippen LogP contribution is -2.62. The van der Waals surface area contributed by atoms with E-state index in [9.17, 15) is 0 Å². The van der Waals surface area contributed by atoms with Crippen molar-refractivity contribution >= 4 is 57.2 Å². The lowest BCUT2D eigenvalue weighted by Gasteiger charge is -2.57. The number of hydrogen-bond acceptors (Lipinski definition) is 2. The van der Waals surface area contributed by atoms with E-state index in [1.165, 1.54) is 141 Å². The van der Waals surface area contributed by atoms with Gasteiger partial charge in [0.2, 0.25) is 0 Å². The zero-order valence-electron chi connectivity index (χ0n) is 44.3. The van der Waals surface area contributed by atoms with Crippen LogP contribution in [0.15, 0.2) is 115 Å². The zero-order valence-corrected chi connectivity index (χ0v) is 44.3. The molecule has 0 unspecified atom stereocenters. The maximum Gasteiger partial charge on any atom is 0.252 e. The summed E-state index contributed by atoms with van der Waals surface area (Å²) >= 11 is 0. The molecule has 6 aromatic rings. The summed E-state index contributed by atoms with van der Waals surface area (Å²) in [5.74, 6) is 2.53. The van der Waals surface area contributed by atoms with Crippen LogP contribution in [-0.2, 0) is 32.5 Å². The SMILES string of the molecule is CC(C)(C)c1ccc(N2c3ccc(C(C)(C)C)cc3B3c4cc5c(cc4N(c4ccc(C(C)(C)C)cc4-c4ccccc4)c4cc(C67CC8CC(CC(C8)C6)C7)cc2c43)C(C)(C)CCC5(C)C)cc1. The number of nitrogens with zero attached hydrogens (tertiary/aromatic N) is 2. The van der Waals surface area contributed by atoms with Gasteiger partial charge in [0.25, 0.3) is 6.71 Å². The van der Waals surface area contributed by atoms with Crippen molar-refractivity contribution in [1.29, 1.82) is 0 Å². The predicted octanol–water partition coefficient (Wildman–Crippen LogP) is 16.1. The molecular formula is C66H77BN2. The van der Waals surface area contributed by atoms with Gasteiger partial charge in [0, 0.05) is 34.0 Å². The highest BCUT2D eigenvalue weighted by molar-refractivity contribution is 7.00. The Morgan fingerprint density at radius 2 is 0.957 bits per heavy atom. The topological polar surface area (TPSA) is 6.48 Å². The van der Waals surface area contributed by atoms with Gasteiger partial charge in [0.15, 0.2) is 0 Å². The number of benzene rings is 6. The summed E-state index contributed by atoms with van der Waals surface area (Å²) in [4.78, 5) is 5.52. The van der Waals surface area contributed by atoms with Crippen molar-refractivity contribution in [3.63, 3.8) is 0 Å². The highest BCUT2D eigenvalue weighted by Gasteiger charge is 2.54. The molecular weight excluding hydrogens is 832 g/mol. The molecule has 4 bridgehead atoms. The van der Waals surface area contributed by atoms with E-state index in [4.69, 9.17) is 0 Å². The van der Waals surface area contributed by atoms with E-state index in [1.807, 2.05) is 0 Å². The Balaban J connectivity index is 1.23. The van der Waals surface area contributed by atoms with E-state index < -0.39 is 0 Å². The maximum atomic E-state index is 2.81. The summed E-state index contributed by atoms with van der Waals surface area (Å²) in [5, 5.41) is 0. The van der Waals surface area contributed by atoms with Crippen molar-refractivity contribution in [2.24, 2.45) is 17.8 Å². The molecule has 13 rings (SSSR count). The molecule has 0 atom stereocenters. The molecule has 7 aliphatic rings. The van der Waals surface area contributed by atoms with Crippen LogP contribution in [-0.4, -0.2) is 6.71 Å². The Morgan fingerprint density at radius 3 is 1.52 bits per heavy atom. The van der Waals surface area contributed by atoms with Crippen LogP contribution in [0.2, 0.25) is 0 Å². The average Bonchev–Trinajstić information content (AvgIpc) is 3.28. The molecule has 0 spiro atoms. The fraction of sp³-hybridized carbons (Fsp3) is 0.455. The van der Waals surface area contributed by atoms with Crippen molar-refractivity contribution in [2.45, 2.75) is 174 Å². The molecule has 0 radical (unpaired) electrons. The number of anilines is 6. The van der Waals surface area contributed by atoms with Gasteiger partial charge in [-0.05, 0) is 205 Å². The molecule has 2 heterocycles. The molecule has 2 nitrogen and oxygen atoms in total. The van der Waals surface area contributed by atoms with Crippen LogP contribution < -0.4 is 26.2 Å². The fourth-order valence-corrected chi connectivity index (χ4v) is 15.0.